The van der Waals surface area contributed by atoms with Crippen molar-refractivity contribution >= 4 is 17.7 Å². The Balaban J connectivity index is 2.34. The first-order valence-electron chi connectivity index (χ1n) is 7.48. The Kier molecular flexibility index (Phi) is 7.13. The zero-order valence-electron chi connectivity index (χ0n) is 12.4. The summed E-state index contributed by atoms with van der Waals surface area (Å²) in [4.78, 5) is 12.1. The van der Waals surface area contributed by atoms with Gasteiger partial charge in [-0.15, -0.1) is 11.8 Å². The molecule has 18 heavy (non-hydrogen) atoms. The molecule has 0 heterocycles. The number of thioether (sulfide) groups is 1. The van der Waals surface area contributed by atoms with Crippen LogP contribution in [0.15, 0.2) is 0 Å². The Morgan fingerprint density at radius 3 is 2.78 bits per heavy atom. The van der Waals surface area contributed by atoms with Crippen LogP contribution in [0.3, 0.4) is 0 Å². The van der Waals surface area contributed by atoms with E-state index in [1.807, 2.05) is 6.92 Å². The minimum Gasteiger partial charge on any atom is -0.352 e. The molecule has 1 amide bonds. The van der Waals surface area contributed by atoms with E-state index >= 15 is 0 Å². The van der Waals surface area contributed by atoms with Gasteiger partial charge >= 0.3 is 0 Å². The van der Waals surface area contributed by atoms with Crippen LogP contribution in [0.2, 0.25) is 0 Å². The second-order valence-electron chi connectivity index (χ2n) is 5.75. The largest absolute Gasteiger partial charge is 0.352 e. The van der Waals surface area contributed by atoms with E-state index in [-0.39, 0.29) is 11.2 Å². The van der Waals surface area contributed by atoms with Crippen molar-refractivity contribution in [3.8, 4) is 0 Å². The van der Waals surface area contributed by atoms with Gasteiger partial charge in [-0.2, -0.15) is 0 Å². The van der Waals surface area contributed by atoms with Gasteiger partial charge in [-0.3, -0.25) is 4.79 Å². The fourth-order valence-corrected chi connectivity index (χ4v) is 3.59. The van der Waals surface area contributed by atoms with Crippen LogP contribution >= 0.6 is 11.8 Å². The predicted molar refractivity (Wildman–Crippen MR) is 80.9 cm³/mol. The van der Waals surface area contributed by atoms with Crippen LogP contribution in [0.1, 0.15) is 59.8 Å². The number of hydrogen-bond acceptors (Lipinski definition) is 2. The van der Waals surface area contributed by atoms with Crippen molar-refractivity contribution in [3.63, 3.8) is 0 Å². The summed E-state index contributed by atoms with van der Waals surface area (Å²) in [5.74, 6) is 2.70. The SMILES string of the molecule is CCCCSC(C)C(=O)NC1CCCC(C)C1C. The topological polar surface area (TPSA) is 29.1 Å². The third kappa shape index (κ3) is 4.83. The van der Waals surface area contributed by atoms with Gasteiger partial charge in [0.15, 0.2) is 0 Å². The molecule has 0 aromatic rings. The van der Waals surface area contributed by atoms with Gasteiger partial charge in [0, 0.05) is 6.04 Å². The van der Waals surface area contributed by atoms with Crippen LogP contribution in [-0.2, 0) is 4.79 Å². The minimum atomic E-state index is 0.0981. The van der Waals surface area contributed by atoms with E-state index in [0.717, 1.165) is 18.1 Å². The summed E-state index contributed by atoms with van der Waals surface area (Å²) in [7, 11) is 0. The average Bonchev–Trinajstić information content (AvgIpc) is 2.35. The van der Waals surface area contributed by atoms with Crippen molar-refractivity contribution in [1.82, 2.24) is 5.32 Å². The lowest BCUT2D eigenvalue weighted by molar-refractivity contribution is -0.121. The smallest absolute Gasteiger partial charge is 0.233 e. The van der Waals surface area contributed by atoms with E-state index in [2.05, 4.69) is 26.1 Å². The number of unbranched alkanes of at least 4 members (excludes halogenated alkanes) is 1. The van der Waals surface area contributed by atoms with Crippen molar-refractivity contribution in [1.29, 1.82) is 0 Å². The molecule has 1 N–H and O–H groups in total. The van der Waals surface area contributed by atoms with Gasteiger partial charge in [0.1, 0.15) is 0 Å². The molecular weight excluding hydrogens is 242 g/mol. The molecule has 3 heteroatoms. The molecule has 1 aliphatic rings. The fraction of sp³-hybridized carbons (Fsp3) is 0.933. The first-order valence-corrected chi connectivity index (χ1v) is 8.53. The third-order valence-electron chi connectivity index (χ3n) is 4.27. The summed E-state index contributed by atoms with van der Waals surface area (Å²) in [6.45, 7) is 8.81. The Hall–Kier alpha value is -0.180. The summed E-state index contributed by atoms with van der Waals surface area (Å²) < 4.78 is 0. The van der Waals surface area contributed by atoms with Crippen LogP contribution < -0.4 is 5.32 Å². The van der Waals surface area contributed by atoms with Crippen molar-refractivity contribution in [2.45, 2.75) is 71.1 Å². The number of hydrogen-bond donors (Lipinski definition) is 1. The quantitative estimate of drug-likeness (QED) is 0.744. The van der Waals surface area contributed by atoms with Gasteiger partial charge in [-0.25, -0.2) is 0 Å². The molecule has 4 atom stereocenters. The molecule has 0 aliphatic heterocycles. The second kappa shape index (κ2) is 8.08. The van der Waals surface area contributed by atoms with E-state index in [0.29, 0.717) is 12.0 Å². The van der Waals surface area contributed by atoms with Gasteiger partial charge < -0.3 is 5.32 Å². The third-order valence-corrected chi connectivity index (χ3v) is 5.51. The standard InChI is InChI=1S/C15H29NOS/c1-5-6-10-18-13(4)15(17)16-14-9-7-8-11(2)12(14)3/h11-14H,5-10H2,1-4H3,(H,16,17). The summed E-state index contributed by atoms with van der Waals surface area (Å²) in [6, 6.07) is 0.399. The Labute approximate surface area is 117 Å². The van der Waals surface area contributed by atoms with Gasteiger partial charge in [0.2, 0.25) is 5.91 Å². The van der Waals surface area contributed by atoms with Crippen molar-refractivity contribution in [2.75, 3.05) is 5.75 Å². The van der Waals surface area contributed by atoms with Crippen LogP contribution in [0.5, 0.6) is 0 Å². The molecule has 1 rings (SSSR count). The van der Waals surface area contributed by atoms with E-state index in [4.69, 9.17) is 0 Å². The maximum absolute atomic E-state index is 12.1. The maximum Gasteiger partial charge on any atom is 0.233 e. The molecule has 2 nitrogen and oxygen atoms in total. The Bertz CT molecular complexity index is 257. The van der Waals surface area contributed by atoms with Crippen LogP contribution in [-0.4, -0.2) is 23.0 Å². The normalized spacial score (nSPS) is 29.9. The molecule has 0 spiro atoms. The highest BCUT2D eigenvalue weighted by atomic mass is 32.2. The Morgan fingerprint density at radius 2 is 2.11 bits per heavy atom. The van der Waals surface area contributed by atoms with Crippen molar-refractivity contribution in [2.24, 2.45) is 11.8 Å². The molecule has 0 radical (unpaired) electrons. The number of amides is 1. The zero-order chi connectivity index (χ0) is 13.5. The molecule has 0 aromatic carbocycles. The molecule has 0 saturated heterocycles. The van der Waals surface area contributed by atoms with Gasteiger partial charge in [-0.05, 0) is 37.4 Å². The highest BCUT2D eigenvalue weighted by Crippen LogP contribution is 2.29. The van der Waals surface area contributed by atoms with Crippen molar-refractivity contribution in [3.05, 3.63) is 0 Å². The second-order valence-corrected chi connectivity index (χ2v) is 7.20. The molecule has 1 saturated carbocycles. The first kappa shape index (κ1) is 15.9. The molecule has 1 fully saturated rings. The lowest BCUT2D eigenvalue weighted by atomic mass is 9.78. The fourth-order valence-electron chi connectivity index (χ4n) is 2.57. The number of carbonyl (C=O) groups is 1. The van der Waals surface area contributed by atoms with Crippen LogP contribution in [0.25, 0.3) is 0 Å². The summed E-state index contributed by atoms with van der Waals surface area (Å²) in [5.41, 5.74) is 0. The van der Waals surface area contributed by atoms with E-state index in [1.54, 1.807) is 11.8 Å². The first-order chi connectivity index (χ1) is 8.56. The summed E-state index contributed by atoms with van der Waals surface area (Å²) in [5, 5.41) is 3.36. The molecular formula is C15H29NOS. The molecule has 0 aromatic heterocycles. The molecule has 1 aliphatic carbocycles. The van der Waals surface area contributed by atoms with E-state index in [9.17, 15) is 4.79 Å². The summed E-state index contributed by atoms with van der Waals surface area (Å²) >= 11 is 1.79. The van der Waals surface area contributed by atoms with Gasteiger partial charge in [-0.1, -0.05) is 40.0 Å². The Morgan fingerprint density at radius 1 is 1.39 bits per heavy atom. The molecule has 0 bridgehead atoms. The van der Waals surface area contributed by atoms with E-state index in [1.165, 1.54) is 25.7 Å². The maximum atomic E-state index is 12.1. The predicted octanol–water partition coefficient (Wildman–Crippen LogP) is 3.85. The number of nitrogens with one attached hydrogen (secondary N) is 1. The molecule has 4 unspecified atom stereocenters. The lowest BCUT2D eigenvalue weighted by Gasteiger charge is -2.35. The van der Waals surface area contributed by atoms with Gasteiger partial charge in [0.05, 0.1) is 5.25 Å². The minimum absolute atomic E-state index is 0.0981. The number of carbonyl (C=O) groups excluding carboxylic acids is 1. The highest BCUT2D eigenvalue weighted by molar-refractivity contribution is 8.00. The summed E-state index contributed by atoms with van der Waals surface area (Å²) in [6.07, 6.45) is 6.14. The average molecular weight is 271 g/mol. The van der Waals surface area contributed by atoms with Crippen molar-refractivity contribution < 1.29 is 4.79 Å². The van der Waals surface area contributed by atoms with Crippen LogP contribution in [0, 0.1) is 11.8 Å². The van der Waals surface area contributed by atoms with Crippen LogP contribution in [0.4, 0.5) is 0 Å². The number of rotatable bonds is 6. The molecule has 106 valence electrons. The lowest BCUT2D eigenvalue weighted by Crippen LogP contribution is -2.46. The highest BCUT2D eigenvalue weighted by Gasteiger charge is 2.29. The zero-order valence-corrected chi connectivity index (χ0v) is 13.2. The monoisotopic (exact) mass is 271 g/mol. The van der Waals surface area contributed by atoms with E-state index < -0.39 is 0 Å². The van der Waals surface area contributed by atoms with Gasteiger partial charge in [0.25, 0.3) is 0 Å².